The molecule has 7 aromatic heterocycles. The van der Waals surface area contributed by atoms with Crippen molar-refractivity contribution in [3.8, 4) is 53.3 Å². The molecule has 0 spiro atoms. The van der Waals surface area contributed by atoms with Crippen LogP contribution in [0.5, 0.6) is 17.2 Å². The van der Waals surface area contributed by atoms with Crippen LogP contribution in [0.4, 0.5) is 29.1 Å². The molecule has 0 radical (unpaired) electrons. The lowest BCUT2D eigenvalue weighted by molar-refractivity contribution is 0.317. The van der Waals surface area contributed by atoms with Gasteiger partial charge in [0.1, 0.15) is 63.9 Å². The SMILES string of the molecule is CCCOc1ccc(CNc2n[nH]c(Cc3cccc(Cl)c3)c2C#N)cc1.COc1ccc(CNc2n[nH]c(Cc3cccc(Cl)c3)c2C#N)cc1O.Cc1[nH]c2ccccc2c1CNc1n[nH]c(Cc2cccc(Cl)c2)c1C#N.Cc1ccc(CNc2n[nH]c(Cc3cccc(Cl)c3)c2C#N)c(Cl)c1.N#Cc1c(NCc2ccc(-n3cccn3)cc2)n[nH]c1Cc1cccc(Cl)c1. The number of aryl methyl sites for hydroxylation is 2. The van der Waals surface area contributed by atoms with Crippen molar-refractivity contribution in [2.45, 2.75) is 92.0 Å². The number of ether oxygens (including phenoxy) is 2. The zero-order chi connectivity index (χ0) is 93.5. The molecule has 26 nitrogen and oxygen atoms in total. The lowest BCUT2D eigenvalue weighted by atomic mass is 10.1. The highest BCUT2D eigenvalue weighted by molar-refractivity contribution is 6.32. The number of nitriles is 5. The highest BCUT2D eigenvalue weighted by Crippen LogP contribution is 2.32. The van der Waals surface area contributed by atoms with Gasteiger partial charge in [0.15, 0.2) is 40.6 Å². The first-order chi connectivity index (χ1) is 64.7. The number of nitrogens with one attached hydrogen (secondary N) is 11. The summed E-state index contributed by atoms with van der Waals surface area (Å²) in [6, 6.07) is 86.0. The van der Waals surface area contributed by atoms with E-state index in [0.29, 0.717) is 164 Å². The van der Waals surface area contributed by atoms with E-state index < -0.39 is 0 Å². The maximum absolute atomic E-state index is 9.84. The Morgan fingerprint density at radius 1 is 0.398 bits per heavy atom. The summed E-state index contributed by atoms with van der Waals surface area (Å²) < 4.78 is 12.4. The average molecular weight is 1890 g/mol. The Morgan fingerprint density at radius 2 is 0.782 bits per heavy atom. The normalized spacial score (nSPS) is 10.5. The van der Waals surface area contributed by atoms with Gasteiger partial charge in [0, 0.05) is 124 Å². The topological polar surface area (TPSA) is 395 Å². The van der Waals surface area contributed by atoms with Crippen LogP contribution < -0.4 is 36.1 Å². The number of phenolic OH excluding ortho intramolecular Hbond substituents is 1. The predicted molar refractivity (Wildman–Crippen MR) is 524 cm³/mol. The fourth-order valence-electron chi connectivity index (χ4n) is 14.3. The summed E-state index contributed by atoms with van der Waals surface area (Å²) in [5.74, 6) is 4.01. The third kappa shape index (κ3) is 26.4. The van der Waals surface area contributed by atoms with Gasteiger partial charge >= 0.3 is 0 Å². The number of rotatable bonds is 30. The van der Waals surface area contributed by atoms with E-state index >= 15 is 0 Å². The van der Waals surface area contributed by atoms with Gasteiger partial charge < -0.3 is 46.1 Å². The van der Waals surface area contributed by atoms with Crippen molar-refractivity contribution >= 4 is 110 Å². The molecule has 0 bridgehead atoms. The zero-order valence-electron chi connectivity index (χ0n) is 72.6. The zero-order valence-corrected chi connectivity index (χ0v) is 77.1. The lowest BCUT2D eigenvalue weighted by Crippen LogP contribution is -2.02. The lowest BCUT2D eigenvalue weighted by Gasteiger charge is -2.07. The number of halogens is 6. The summed E-state index contributed by atoms with van der Waals surface area (Å²) in [4.78, 5) is 3.39. The number of hydrogen-bond donors (Lipinski definition) is 12. The minimum absolute atomic E-state index is 0.0657. The molecule has 17 aromatic rings. The van der Waals surface area contributed by atoms with Crippen molar-refractivity contribution in [1.29, 1.82) is 26.3 Å². The Hall–Kier alpha value is -15.4. The fraction of sp³-hybridized carbons (Fsp3) is 0.158. The third-order valence-electron chi connectivity index (χ3n) is 21.0. The Labute approximate surface area is 798 Å². The van der Waals surface area contributed by atoms with Crippen LogP contribution in [0, 0.1) is 70.5 Å². The first-order valence-electron chi connectivity index (χ1n) is 42.0. The molecule has 7 heterocycles. The van der Waals surface area contributed by atoms with Crippen molar-refractivity contribution in [2.75, 3.05) is 40.3 Å². The van der Waals surface area contributed by atoms with E-state index in [4.69, 9.17) is 79.1 Å². The van der Waals surface area contributed by atoms with Crippen LogP contribution >= 0.6 is 69.6 Å². The maximum atomic E-state index is 9.84. The summed E-state index contributed by atoms with van der Waals surface area (Å²) in [6.45, 7) is 9.47. The number of para-hydroxylation sites is 1. The molecule has 0 atom stereocenters. The van der Waals surface area contributed by atoms with Crippen molar-refractivity contribution in [1.82, 2.24) is 65.8 Å². The number of anilines is 5. The van der Waals surface area contributed by atoms with Crippen molar-refractivity contribution in [3.63, 3.8) is 0 Å². The predicted octanol–water partition coefficient (Wildman–Crippen LogP) is 23.1. The summed E-state index contributed by atoms with van der Waals surface area (Å²) in [6.07, 6.45) is 7.43. The van der Waals surface area contributed by atoms with Crippen LogP contribution in [0.3, 0.4) is 0 Å². The van der Waals surface area contributed by atoms with E-state index in [9.17, 15) is 31.4 Å². The van der Waals surface area contributed by atoms with Crippen molar-refractivity contribution in [3.05, 3.63) is 402 Å². The number of nitrogens with zero attached hydrogens (tertiary/aromatic N) is 12. The second kappa shape index (κ2) is 47.2. The average Bonchev–Trinajstić information content (AvgIpc) is 1.66. The summed E-state index contributed by atoms with van der Waals surface area (Å²) in [5.41, 5.74) is 20.9. The number of benzene rings is 10. The molecule has 17 rings (SSSR count). The van der Waals surface area contributed by atoms with E-state index in [1.165, 1.54) is 18.1 Å². The quantitative estimate of drug-likeness (QED) is 0.0199. The van der Waals surface area contributed by atoms with Crippen LogP contribution in [-0.2, 0) is 64.8 Å². The van der Waals surface area contributed by atoms with E-state index in [-0.39, 0.29) is 5.75 Å². The van der Waals surface area contributed by atoms with Gasteiger partial charge in [-0.05, 0) is 197 Å². The van der Waals surface area contributed by atoms with Crippen molar-refractivity contribution < 1.29 is 14.6 Å². The first-order valence-corrected chi connectivity index (χ1v) is 44.3. The number of methoxy groups -OCH3 is 1. The summed E-state index contributed by atoms with van der Waals surface area (Å²) in [5, 5.41) is 119. The van der Waals surface area contributed by atoms with E-state index in [1.807, 2.05) is 219 Å². The Morgan fingerprint density at radius 3 is 1.15 bits per heavy atom. The molecule has 0 fully saturated rings. The van der Waals surface area contributed by atoms with Gasteiger partial charge in [-0.15, -0.1) is 0 Å². The van der Waals surface area contributed by atoms with Gasteiger partial charge in [-0.2, -0.15) is 56.9 Å². The first kappa shape index (κ1) is 95.2. The molecular weight excluding hydrogens is 1800 g/mol. The molecule has 0 unspecified atom stereocenters. The molecule has 133 heavy (non-hydrogen) atoms. The summed E-state index contributed by atoms with van der Waals surface area (Å²) in [7, 11) is 1.50. The van der Waals surface area contributed by atoms with Crippen LogP contribution in [0.15, 0.2) is 249 Å². The maximum Gasteiger partial charge on any atom is 0.166 e. The number of H-pyrrole nitrogens is 6. The Kier molecular flexibility index (Phi) is 33.8. The van der Waals surface area contributed by atoms with Gasteiger partial charge in [-0.25, -0.2) is 4.68 Å². The van der Waals surface area contributed by atoms with Crippen LogP contribution in [-0.4, -0.2) is 84.6 Å². The molecule has 10 aromatic carbocycles. The van der Waals surface area contributed by atoms with E-state index in [0.717, 1.165) is 113 Å². The molecule has 0 aliphatic heterocycles. The highest BCUT2D eigenvalue weighted by atomic mass is 35.5. The molecule has 668 valence electrons. The fourth-order valence-corrected chi connectivity index (χ4v) is 15.6. The Bertz CT molecular complexity index is 7020. The minimum atomic E-state index is 0.0657. The van der Waals surface area contributed by atoms with Crippen LogP contribution in [0.25, 0.3) is 16.6 Å². The van der Waals surface area contributed by atoms with Crippen LogP contribution in [0.2, 0.25) is 30.1 Å². The molecule has 0 saturated heterocycles. The van der Waals surface area contributed by atoms with Crippen LogP contribution in [0.1, 0.15) is 137 Å². The minimum Gasteiger partial charge on any atom is -0.504 e. The van der Waals surface area contributed by atoms with E-state index in [2.05, 4.69) is 144 Å². The number of fused-ring (bicyclic) bond motifs is 1. The monoisotopic (exact) mass is 1880 g/mol. The van der Waals surface area contributed by atoms with Gasteiger partial charge in [0.25, 0.3) is 0 Å². The number of aromatic hydroxyl groups is 1. The molecule has 12 N–H and O–H groups in total. The Balaban J connectivity index is 0.000000141. The van der Waals surface area contributed by atoms with Crippen molar-refractivity contribution in [2.24, 2.45) is 0 Å². The molecule has 0 saturated carbocycles. The van der Waals surface area contributed by atoms with Gasteiger partial charge in [-0.3, -0.25) is 25.5 Å². The molecule has 0 aliphatic carbocycles. The standard InChI is InChI=1S/C21H17ClN6.C21H18ClN5.C21H21ClN4O.C19H16Cl2N4.C19H17ClN4O2/c22-17-4-1-3-16(11-17)12-20-19(13-23)21(27-26-20)24-14-15-5-7-18(8-6-15)28-10-2-9-25-28;1-13-18(16-7-2-3-8-19(16)25-13)12-24-21-17(11-23)20(26-27-21)10-14-5-4-6-15(22)9-14;1-2-10-27-18-8-6-15(7-9-18)14-24-21-19(13-23)20(25-26-21)12-16-4-3-5-17(22)11-16;1-12-5-6-14(17(21)7-12)11-23-19-16(10-22)18(24-25-19)9-13-3-2-4-15(20)8-13;1-26-18-6-5-13(9-17(18)25)11-22-19-15(10-21)16(23-24-19)8-12-3-2-4-14(20)7-12/h1-11H,12,14H2,(H2,24,26,27);2-9,25H,10,12H2,1H3,(H2,24,26,27);3-9,11H,2,10,12,14H2,1H3,(H2,24,25,26);2-8H,9,11H2,1H3,(H2,23,24,25);2-7,9,25H,8,11H2,1H3,(H2,22,23,24). The van der Waals surface area contributed by atoms with Gasteiger partial charge in [0.2, 0.25) is 0 Å². The number of aromatic amines is 6. The number of hydrogen-bond acceptors (Lipinski definition) is 19. The molecular formula is C101H89Cl6N23O3. The molecule has 0 aliphatic rings. The number of phenols is 1. The molecule has 32 heteroatoms. The van der Waals surface area contributed by atoms with Gasteiger partial charge in [-0.1, -0.05) is 198 Å². The smallest absolute Gasteiger partial charge is 0.166 e. The number of aromatic nitrogens is 13. The highest BCUT2D eigenvalue weighted by Gasteiger charge is 2.21. The van der Waals surface area contributed by atoms with E-state index in [1.54, 1.807) is 29.1 Å². The second-order valence-electron chi connectivity index (χ2n) is 30.5. The van der Waals surface area contributed by atoms with Gasteiger partial charge in [0.05, 0.1) is 47.9 Å². The third-order valence-corrected chi connectivity index (χ3v) is 22.5. The summed E-state index contributed by atoms with van der Waals surface area (Å²) >= 11 is 36.4. The molecule has 0 amide bonds. The largest absolute Gasteiger partial charge is 0.504 e. The second-order valence-corrected chi connectivity index (χ2v) is 33.1.